The van der Waals surface area contributed by atoms with Gasteiger partial charge in [0.1, 0.15) is 0 Å². The molecule has 0 spiro atoms. The highest BCUT2D eigenvalue weighted by molar-refractivity contribution is 5.76. The smallest absolute Gasteiger partial charge is 0.259 e. The number of hydrogen-bond donors (Lipinski definition) is 0. The van der Waals surface area contributed by atoms with E-state index in [1.165, 1.54) is 14.2 Å². The minimum absolute atomic E-state index is 0.139. The fourth-order valence-electron chi connectivity index (χ4n) is 1.43. The molecule has 1 rings (SSSR count). The van der Waals surface area contributed by atoms with Gasteiger partial charge in [-0.25, -0.2) is 13.8 Å². The SMILES string of the molecule is CON(C)C(=O)CN1CCC(F)(F)CC1. The fourth-order valence-corrected chi connectivity index (χ4v) is 1.43. The minimum Gasteiger partial charge on any atom is -0.294 e. The number of amides is 1. The Morgan fingerprint density at radius 2 is 2.00 bits per heavy atom. The van der Waals surface area contributed by atoms with Crippen LogP contribution in [-0.2, 0) is 9.63 Å². The molecule has 0 saturated carbocycles. The Bertz CT molecular complexity index is 226. The van der Waals surface area contributed by atoms with Gasteiger partial charge in [-0.05, 0) is 0 Å². The number of alkyl halides is 2. The van der Waals surface area contributed by atoms with Gasteiger partial charge in [0.2, 0.25) is 0 Å². The zero-order chi connectivity index (χ0) is 11.5. The summed E-state index contributed by atoms with van der Waals surface area (Å²) >= 11 is 0. The molecule has 0 aromatic heterocycles. The molecule has 0 atom stereocenters. The summed E-state index contributed by atoms with van der Waals surface area (Å²) in [5.41, 5.74) is 0. The number of hydroxylamine groups is 2. The van der Waals surface area contributed by atoms with Crippen molar-refractivity contribution in [3.8, 4) is 0 Å². The Labute approximate surface area is 87.7 Å². The lowest BCUT2D eigenvalue weighted by Crippen LogP contribution is -2.44. The van der Waals surface area contributed by atoms with Crippen LogP contribution in [0, 0.1) is 0 Å². The number of rotatable bonds is 3. The predicted molar refractivity (Wildman–Crippen MR) is 50.4 cm³/mol. The molecule has 1 fully saturated rings. The van der Waals surface area contributed by atoms with E-state index in [1.54, 1.807) is 4.90 Å². The van der Waals surface area contributed by atoms with Gasteiger partial charge in [-0.1, -0.05) is 0 Å². The highest BCUT2D eigenvalue weighted by atomic mass is 19.3. The van der Waals surface area contributed by atoms with Gasteiger partial charge in [-0.15, -0.1) is 0 Å². The minimum atomic E-state index is -2.56. The average molecular weight is 222 g/mol. The maximum absolute atomic E-state index is 12.8. The van der Waals surface area contributed by atoms with Crippen LogP contribution < -0.4 is 0 Å². The molecule has 0 aromatic carbocycles. The van der Waals surface area contributed by atoms with Crippen molar-refractivity contribution in [3.05, 3.63) is 0 Å². The van der Waals surface area contributed by atoms with Crippen molar-refractivity contribution >= 4 is 5.91 Å². The van der Waals surface area contributed by atoms with Gasteiger partial charge in [0.25, 0.3) is 11.8 Å². The molecule has 0 radical (unpaired) electrons. The van der Waals surface area contributed by atoms with Gasteiger partial charge < -0.3 is 0 Å². The summed E-state index contributed by atoms with van der Waals surface area (Å²) < 4.78 is 25.6. The van der Waals surface area contributed by atoms with E-state index < -0.39 is 5.92 Å². The monoisotopic (exact) mass is 222 g/mol. The summed E-state index contributed by atoms with van der Waals surface area (Å²) in [6, 6.07) is 0. The van der Waals surface area contributed by atoms with E-state index in [0.29, 0.717) is 0 Å². The molecule has 0 aliphatic carbocycles. The number of carbonyl (C=O) groups excluding carboxylic acids is 1. The van der Waals surface area contributed by atoms with E-state index in [-0.39, 0.29) is 38.4 Å². The standard InChI is InChI=1S/C9H16F2N2O2/c1-12(15-2)8(14)7-13-5-3-9(10,11)4-6-13/h3-7H2,1-2H3. The van der Waals surface area contributed by atoms with Crippen molar-refractivity contribution in [2.24, 2.45) is 0 Å². The van der Waals surface area contributed by atoms with Crippen LogP contribution in [0.25, 0.3) is 0 Å². The largest absolute Gasteiger partial charge is 0.294 e. The maximum atomic E-state index is 12.8. The molecule has 1 amide bonds. The summed E-state index contributed by atoms with van der Waals surface area (Å²) in [7, 11) is 2.89. The molecule has 0 N–H and O–H groups in total. The first-order valence-electron chi connectivity index (χ1n) is 4.85. The topological polar surface area (TPSA) is 32.8 Å². The highest BCUT2D eigenvalue weighted by Gasteiger charge is 2.34. The van der Waals surface area contributed by atoms with Crippen LogP contribution in [-0.4, -0.2) is 55.6 Å². The van der Waals surface area contributed by atoms with Gasteiger partial charge >= 0.3 is 0 Å². The number of carbonyl (C=O) groups is 1. The number of likely N-dealkylation sites (tertiary alicyclic amines) is 1. The van der Waals surface area contributed by atoms with Crippen molar-refractivity contribution in [1.82, 2.24) is 9.96 Å². The number of nitrogens with zero attached hydrogens (tertiary/aromatic N) is 2. The number of hydrogen-bond acceptors (Lipinski definition) is 3. The zero-order valence-corrected chi connectivity index (χ0v) is 9.00. The van der Waals surface area contributed by atoms with Gasteiger partial charge in [-0.3, -0.25) is 14.5 Å². The second kappa shape index (κ2) is 4.85. The third kappa shape index (κ3) is 3.71. The summed E-state index contributed by atoms with van der Waals surface area (Å²) in [6.45, 7) is 0.660. The van der Waals surface area contributed by atoms with Crippen molar-refractivity contribution in [2.45, 2.75) is 18.8 Å². The van der Waals surface area contributed by atoms with E-state index in [0.717, 1.165) is 5.06 Å². The maximum Gasteiger partial charge on any atom is 0.259 e. The lowest BCUT2D eigenvalue weighted by Gasteiger charge is -2.31. The Kier molecular flexibility index (Phi) is 3.98. The first kappa shape index (κ1) is 12.3. The van der Waals surface area contributed by atoms with Crippen molar-refractivity contribution in [2.75, 3.05) is 33.8 Å². The molecule has 1 saturated heterocycles. The summed E-state index contributed by atoms with van der Waals surface area (Å²) in [4.78, 5) is 17.8. The van der Waals surface area contributed by atoms with Crippen LogP contribution in [0.4, 0.5) is 8.78 Å². The van der Waals surface area contributed by atoms with E-state index in [1.807, 2.05) is 0 Å². The van der Waals surface area contributed by atoms with Crippen LogP contribution in [0.15, 0.2) is 0 Å². The normalized spacial score (nSPS) is 21.3. The van der Waals surface area contributed by atoms with Crippen molar-refractivity contribution < 1.29 is 18.4 Å². The molecule has 4 nitrogen and oxygen atoms in total. The molecular formula is C9H16F2N2O2. The van der Waals surface area contributed by atoms with Gasteiger partial charge in [0.05, 0.1) is 13.7 Å². The van der Waals surface area contributed by atoms with E-state index >= 15 is 0 Å². The van der Waals surface area contributed by atoms with E-state index in [9.17, 15) is 13.6 Å². The fraction of sp³-hybridized carbons (Fsp3) is 0.889. The zero-order valence-electron chi connectivity index (χ0n) is 9.00. The molecule has 0 aromatic rings. The van der Waals surface area contributed by atoms with Gasteiger partial charge in [0, 0.05) is 33.0 Å². The van der Waals surface area contributed by atoms with Crippen LogP contribution in [0.1, 0.15) is 12.8 Å². The molecular weight excluding hydrogens is 206 g/mol. The first-order chi connectivity index (χ1) is 6.94. The number of likely N-dealkylation sites (N-methyl/N-ethyl adjacent to an activating group) is 1. The average Bonchev–Trinajstić information content (AvgIpc) is 2.20. The summed E-state index contributed by atoms with van der Waals surface area (Å²) in [5, 5.41) is 1.10. The lowest BCUT2D eigenvalue weighted by molar-refractivity contribution is -0.171. The lowest BCUT2D eigenvalue weighted by atomic mass is 10.1. The summed E-state index contributed by atoms with van der Waals surface area (Å²) in [6.07, 6.45) is -0.339. The Morgan fingerprint density at radius 3 is 2.47 bits per heavy atom. The second-order valence-corrected chi connectivity index (χ2v) is 3.71. The Morgan fingerprint density at radius 1 is 1.47 bits per heavy atom. The van der Waals surface area contributed by atoms with Crippen LogP contribution >= 0.6 is 0 Å². The molecule has 1 heterocycles. The summed E-state index contributed by atoms with van der Waals surface area (Å²) in [5.74, 6) is -2.78. The molecule has 1 aliphatic rings. The van der Waals surface area contributed by atoms with Crippen molar-refractivity contribution in [1.29, 1.82) is 0 Å². The Hall–Kier alpha value is -0.750. The highest BCUT2D eigenvalue weighted by Crippen LogP contribution is 2.27. The molecule has 88 valence electrons. The predicted octanol–water partition coefficient (Wildman–Crippen LogP) is 0.737. The van der Waals surface area contributed by atoms with Gasteiger partial charge in [0.15, 0.2) is 0 Å². The Balaban J connectivity index is 2.33. The number of piperidine rings is 1. The number of halogens is 2. The molecule has 1 aliphatic heterocycles. The van der Waals surface area contributed by atoms with Crippen LogP contribution in [0.3, 0.4) is 0 Å². The molecule has 0 bridgehead atoms. The van der Waals surface area contributed by atoms with E-state index in [2.05, 4.69) is 0 Å². The van der Waals surface area contributed by atoms with Gasteiger partial charge in [-0.2, -0.15) is 0 Å². The van der Waals surface area contributed by atoms with Crippen LogP contribution in [0.5, 0.6) is 0 Å². The molecule has 6 heteroatoms. The van der Waals surface area contributed by atoms with Crippen LogP contribution in [0.2, 0.25) is 0 Å². The van der Waals surface area contributed by atoms with E-state index in [4.69, 9.17) is 4.84 Å². The first-order valence-corrected chi connectivity index (χ1v) is 4.85. The third-order valence-corrected chi connectivity index (χ3v) is 2.57. The quantitative estimate of drug-likeness (QED) is 0.660. The second-order valence-electron chi connectivity index (χ2n) is 3.71. The third-order valence-electron chi connectivity index (χ3n) is 2.57. The molecule has 0 unspecified atom stereocenters. The van der Waals surface area contributed by atoms with Crippen molar-refractivity contribution in [3.63, 3.8) is 0 Å². The molecule has 15 heavy (non-hydrogen) atoms.